The Morgan fingerprint density at radius 1 is 1.41 bits per heavy atom. The van der Waals surface area contributed by atoms with Gasteiger partial charge in [0.15, 0.2) is 5.82 Å². The lowest BCUT2D eigenvalue weighted by molar-refractivity contribution is 0.423. The quantitative estimate of drug-likeness (QED) is 0.920. The molecule has 0 unspecified atom stereocenters. The van der Waals surface area contributed by atoms with Crippen LogP contribution < -0.4 is 5.32 Å². The van der Waals surface area contributed by atoms with Gasteiger partial charge in [-0.15, -0.1) is 0 Å². The van der Waals surface area contributed by atoms with Crippen molar-refractivity contribution in [1.29, 1.82) is 0 Å². The second kappa shape index (κ2) is 5.82. The molecule has 0 amide bonds. The first-order valence-corrected chi connectivity index (χ1v) is 6.38. The highest BCUT2D eigenvalue weighted by Crippen LogP contribution is 2.14. The molecule has 0 bridgehead atoms. The molecule has 90 valence electrons. The molecule has 4 nitrogen and oxygen atoms in total. The van der Waals surface area contributed by atoms with E-state index in [9.17, 15) is 0 Å². The van der Waals surface area contributed by atoms with E-state index in [4.69, 9.17) is 4.52 Å². The van der Waals surface area contributed by atoms with Crippen LogP contribution in [-0.2, 0) is 6.42 Å². The predicted octanol–water partition coefficient (Wildman–Crippen LogP) is 3.24. The van der Waals surface area contributed by atoms with Crippen LogP contribution in [0.25, 0.3) is 0 Å². The van der Waals surface area contributed by atoms with E-state index in [-0.39, 0.29) is 0 Å². The van der Waals surface area contributed by atoms with E-state index in [0.717, 1.165) is 23.0 Å². The Hall–Kier alpha value is -1.36. The second-order valence-electron chi connectivity index (χ2n) is 3.75. The van der Waals surface area contributed by atoms with Gasteiger partial charge in [0.05, 0.1) is 0 Å². The van der Waals surface area contributed by atoms with Crippen LogP contribution in [0, 0.1) is 0 Å². The third kappa shape index (κ3) is 3.56. The second-order valence-corrected chi connectivity index (χ2v) is 4.66. The van der Waals surface area contributed by atoms with E-state index in [0.29, 0.717) is 18.3 Å². The normalized spacial score (nSPS) is 10.5. The SMILES string of the molecule is CCCNc1nc(Cc2cccc(Br)c2)no1. The van der Waals surface area contributed by atoms with Gasteiger partial charge in [-0.3, -0.25) is 0 Å². The van der Waals surface area contributed by atoms with Crippen LogP contribution in [0.1, 0.15) is 24.7 Å². The summed E-state index contributed by atoms with van der Waals surface area (Å²) < 4.78 is 6.14. The zero-order valence-corrected chi connectivity index (χ0v) is 11.2. The summed E-state index contributed by atoms with van der Waals surface area (Å²) >= 11 is 3.44. The third-order valence-electron chi connectivity index (χ3n) is 2.25. The maximum absolute atomic E-state index is 5.09. The molecule has 1 heterocycles. The lowest BCUT2D eigenvalue weighted by Gasteiger charge is -1.97. The average molecular weight is 296 g/mol. The van der Waals surface area contributed by atoms with E-state index in [1.54, 1.807) is 0 Å². The minimum Gasteiger partial charge on any atom is -0.338 e. The number of benzene rings is 1. The molecule has 0 spiro atoms. The van der Waals surface area contributed by atoms with Gasteiger partial charge in [-0.2, -0.15) is 4.98 Å². The molecule has 0 saturated heterocycles. The van der Waals surface area contributed by atoms with Crippen molar-refractivity contribution in [2.75, 3.05) is 11.9 Å². The minimum absolute atomic E-state index is 0.497. The summed E-state index contributed by atoms with van der Waals surface area (Å²) in [4.78, 5) is 4.27. The van der Waals surface area contributed by atoms with Crippen molar-refractivity contribution in [2.24, 2.45) is 0 Å². The van der Waals surface area contributed by atoms with Crippen molar-refractivity contribution in [3.63, 3.8) is 0 Å². The number of nitrogens with zero attached hydrogens (tertiary/aromatic N) is 2. The average Bonchev–Trinajstić information content (AvgIpc) is 2.74. The highest BCUT2D eigenvalue weighted by atomic mass is 79.9. The van der Waals surface area contributed by atoms with Crippen molar-refractivity contribution in [3.8, 4) is 0 Å². The number of rotatable bonds is 5. The topological polar surface area (TPSA) is 51.0 Å². The summed E-state index contributed by atoms with van der Waals surface area (Å²) in [7, 11) is 0. The zero-order valence-electron chi connectivity index (χ0n) is 9.61. The first-order chi connectivity index (χ1) is 8.28. The highest BCUT2D eigenvalue weighted by molar-refractivity contribution is 9.10. The fourth-order valence-corrected chi connectivity index (χ4v) is 1.91. The van der Waals surface area contributed by atoms with Crippen LogP contribution in [0.2, 0.25) is 0 Å². The number of hydrogen-bond acceptors (Lipinski definition) is 4. The van der Waals surface area contributed by atoms with Gasteiger partial charge in [-0.1, -0.05) is 40.1 Å². The number of aromatic nitrogens is 2. The fraction of sp³-hybridized carbons (Fsp3) is 0.333. The zero-order chi connectivity index (χ0) is 12.1. The molecule has 1 aromatic carbocycles. The predicted molar refractivity (Wildman–Crippen MR) is 70.0 cm³/mol. The van der Waals surface area contributed by atoms with Gasteiger partial charge >= 0.3 is 6.01 Å². The van der Waals surface area contributed by atoms with Crippen molar-refractivity contribution >= 4 is 21.9 Å². The largest absolute Gasteiger partial charge is 0.338 e. The Morgan fingerprint density at radius 2 is 2.29 bits per heavy atom. The molecule has 0 aliphatic carbocycles. The monoisotopic (exact) mass is 295 g/mol. The summed E-state index contributed by atoms with van der Waals surface area (Å²) in [5.74, 6) is 0.696. The van der Waals surface area contributed by atoms with Crippen LogP contribution in [0.3, 0.4) is 0 Å². The van der Waals surface area contributed by atoms with Crippen molar-refractivity contribution in [1.82, 2.24) is 10.1 Å². The first-order valence-electron chi connectivity index (χ1n) is 5.59. The molecule has 0 atom stereocenters. The highest BCUT2D eigenvalue weighted by Gasteiger charge is 2.06. The number of nitrogens with one attached hydrogen (secondary N) is 1. The van der Waals surface area contributed by atoms with Gasteiger partial charge in [0.1, 0.15) is 0 Å². The third-order valence-corrected chi connectivity index (χ3v) is 2.74. The van der Waals surface area contributed by atoms with E-state index in [2.05, 4.69) is 44.4 Å². The Labute approximate surface area is 109 Å². The van der Waals surface area contributed by atoms with Crippen LogP contribution in [0.15, 0.2) is 33.3 Å². The molecule has 1 N–H and O–H groups in total. The van der Waals surface area contributed by atoms with Gasteiger partial charge < -0.3 is 9.84 Å². The lowest BCUT2D eigenvalue weighted by atomic mass is 10.1. The minimum atomic E-state index is 0.497. The first kappa shape index (κ1) is 12.1. The standard InChI is InChI=1S/C12H14BrN3O/c1-2-6-14-12-15-11(16-17-12)8-9-4-3-5-10(13)7-9/h3-5,7H,2,6,8H2,1H3,(H,14,15,16). The van der Waals surface area contributed by atoms with Gasteiger partial charge in [0, 0.05) is 17.4 Å². The van der Waals surface area contributed by atoms with Gasteiger partial charge in [-0.05, 0) is 24.1 Å². The Morgan fingerprint density at radius 3 is 3.06 bits per heavy atom. The van der Waals surface area contributed by atoms with Crippen molar-refractivity contribution in [2.45, 2.75) is 19.8 Å². The summed E-state index contributed by atoms with van der Waals surface area (Å²) in [5, 5.41) is 6.99. The molecular weight excluding hydrogens is 282 g/mol. The fourth-order valence-electron chi connectivity index (χ4n) is 1.46. The molecule has 0 radical (unpaired) electrons. The lowest BCUT2D eigenvalue weighted by Crippen LogP contribution is -1.99. The van der Waals surface area contributed by atoms with E-state index >= 15 is 0 Å². The molecule has 17 heavy (non-hydrogen) atoms. The Kier molecular flexibility index (Phi) is 4.14. The van der Waals surface area contributed by atoms with Crippen LogP contribution in [0.5, 0.6) is 0 Å². The molecule has 2 rings (SSSR count). The summed E-state index contributed by atoms with van der Waals surface area (Å²) in [6.07, 6.45) is 1.71. The summed E-state index contributed by atoms with van der Waals surface area (Å²) in [5.41, 5.74) is 1.15. The van der Waals surface area contributed by atoms with E-state index in [1.165, 1.54) is 0 Å². The van der Waals surface area contributed by atoms with Crippen LogP contribution in [-0.4, -0.2) is 16.7 Å². The molecule has 0 saturated carbocycles. The van der Waals surface area contributed by atoms with Crippen LogP contribution >= 0.6 is 15.9 Å². The maximum atomic E-state index is 5.09. The molecule has 0 aliphatic rings. The van der Waals surface area contributed by atoms with Gasteiger partial charge in [0.2, 0.25) is 0 Å². The van der Waals surface area contributed by atoms with Crippen molar-refractivity contribution in [3.05, 3.63) is 40.1 Å². The summed E-state index contributed by atoms with van der Waals surface area (Å²) in [6, 6.07) is 8.58. The molecule has 5 heteroatoms. The molecule has 2 aromatic rings. The smallest absolute Gasteiger partial charge is 0.321 e. The molecule has 1 aromatic heterocycles. The Balaban J connectivity index is 2.01. The Bertz CT molecular complexity index is 484. The molecule has 0 fully saturated rings. The van der Waals surface area contributed by atoms with Crippen molar-refractivity contribution < 1.29 is 4.52 Å². The number of halogens is 1. The maximum Gasteiger partial charge on any atom is 0.321 e. The van der Waals surface area contributed by atoms with Crippen LogP contribution in [0.4, 0.5) is 6.01 Å². The van der Waals surface area contributed by atoms with E-state index in [1.807, 2.05) is 18.2 Å². The molecule has 0 aliphatic heterocycles. The summed E-state index contributed by atoms with van der Waals surface area (Å²) in [6.45, 7) is 2.93. The van der Waals surface area contributed by atoms with E-state index < -0.39 is 0 Å². The van der Waals surface area contributed by atoms with Gasteiger partial charge in [0.25, 0.3) is 0 Å². The molecular formula is C12H14BrN3O. The number of hydrogen-bond donors (Lipinski definition) is 1. The van der Waals surface area contributed by atoms with Gasteiger partial charge in [-0.25, -0.2) is 0 Å². The number of anilines is 1.